The predicted octanol–water partition coefficient (Wildman–Crippen LogP) is 7.32. The monoisotopic (exact) mass is 959 g/mol. The summed E-state index contributed by atoms with van der Waals surface area (Å²) >= 11 is 6.26. The Bertz CT molecular complexity index is 2800. The molecule has 350 valence electrons. The van der Waals surface area contributed by atoms with Gasteiger partial charge in [0.25, 0.3) is 0 Å². The number of piperazine rings is 1. The number of carbonyl (C=O) groups is 1. The van der Waals surface area contributed by atoms with Crippen LogP contribution in [0.5, 0.6) is 5.88 Å². The molecular weight excluding hydrogens is 905 g/mol. The molecule has 1 atom stereocenters. The van der Waals surface area contributed by atoms with Crippen LogP contribution in [0.2, 0.25) is 5.02 Å². The van der Waals surface area contributed by atoms with Crippen molar-refractivity contribution in [1.82, 2.24) is 24.7 Å². The maximum atomic E-state index is 14.3. The van der Waals surface area contributed by atoms with Gasteiger partial charge >= 0.3 is 139 Å². The van der Waals surface area contributed by atoms with Gasteiger partial charge in [0.05, 0.1) is 17.8 Å². The van der Waals surface area contributed by atoms with Crippen molar-refractivity contribution in [2.75, 3.05) is 87.4 Å². The van der Waals surface area contributed by atoms with Gasteiger partial charge in [-0.1, -0.05) is 43.2 Å². The van der Waals surface area contributed by atoms with Crippen molar-refractivity contribution in [3.63, 3.8) is 0 Å². The molecule has 17 nitrogen and oxygen atoms in total. The molecule has 5 aromatic rings. The number of sulfonamides is 1. The first-order valence-electron chi connectivity index (χ1n) is 22.2. The van der Waals surface area contributed by atoms with Crippen molar-refractivity contribution >= 4 is 80.4 Å². The van der Waals surface area contributed by atoms with E-state index in [-0.39, 0.29) is 42.3 Å². The number of nitrogens with zero attached hydrogens (tertiary/aromatic N) is 5. The zero-order chi connectivity index (χ0) is 46.4. The van der Waals surface area contributed by atoms with E-state index < -0.39 is 39.3 Å². The number of halogens is 1. The molecule has 2 fully saturated rings. The Morgan fingerprint density at radius 2 is 1.83 bits per heavy atom. The average Bonchev–Trinajstić information content (AvgIpc) is 3.76. The van der Waals surface area contributed by atoms with Crippen LogP contribution in [0.15, 0.2) is 89.5 Å². The number of nitrogens with one attached hydrogen (secondary N) is 4. The zero-order valence-electron chi connectivity index (χ0n) is 37.1. The molecule has 0 saturated carbocycles. The molecule has 4 aliphatic rings. The summed E-state index contributed by atoms with van der Waals surface area (Å²) in [5.74, 6) is -0.630. The molecule has 1 unspecified atom stereocenters. The predicted molar refractivity (Wildman–Crippen MR) is 260 cm³/mol. The van der Waals surface area contributed by atoms with E-state index >= 15 is 0 Å². The molecule has 5 N–H and O–H groups in total. The molecule has 0 spiro atoms. The van der Waals surface area contributed by atoms with Gasteiger partial charge in [-0.15, -0.1) is 0 Å². The first-order valence-corrected chi connectivity index (χ1v) is 26.4. The fourth-order valence-electron chi connectivity index (χ4n) is 9.21. The quantitative estimate of drug-likeness (QED) is 0.0472. The normalized spacial score (nSPS) is 20.3. The van der Waals surface area contributed by atoms with Crippen molar-refractivity contribution < 1.29 is 32.3 Å². The summed E-state index contributed by atoms with van der Waals surface area (Å²) in [4.78, 5) is 50.1. The molecule has 3 aromatic carbocycles. The molecule has 0 radical (unpaired) electrons. The van der Waals surface area contributed by atoms with Gasteiger partial charge in [0.15, 0.2) is 0 Å². The SMILES string of the molecule is CC1(C)CCC(CN2CCN(c3ccc(C(=O)NS(=O)(=O)c4ccc(NCC5CN[PH](C)(O)OC5)c([N+](=O)[O-])c4)c(N4CCOc5nc6[nH]ccc6cc54)c3)CC2)=C(c2ccc(Cl)cc2)C1. The minimum Gasteiger partial charge on any atom is -0.474 e. The molecule has 1 aliphatic carbocycles. The van der Waals surface area contributed by atoms with Gasteiger partial charge in [-0.25, -0.2) is 0 Å². The number of allylic oxidation sites excluding steroid dienone is 1. The molecule has 3 aliphatic heterocycles. The number of nitro benzene ring substituents is 1. The third kappa shape index (κ3) is 10.0. The van der Waals surface area contributed by atoms with Crippen LogP contribution in [-0.2, 0) is 14.5 Å². The second-order valence-electron chi connectivity index (χ2n) is 18.4. The molecular formula is C46H55ClN9O8PS. The van der Waals surface area contributed by atoms with Crippen LogP contribution in [0, 0.1) is 21.4 Å². The zero-order valence-corrected chi connectivity index (χ0v) is 39.7. The van der Waals surface area contributed by atoms with Crippen LogP contribution in [0.3, 0.4) is 0 Å². The van der Waals surface area contributed by atoms with Gasteiger partial charge in [0.1, 0.15) is 17.9 Å². The van der Waals surface area contributed by atoms with Crippen LogP contribution in [0.4, 0.5) is 28.4 Å². The number of anilines is 4. The van der Waals surface area contributed by atoms with Gasteiger partial charge in [-0.05, 0) is 78.3 Å². The van der Waals surface area contributed by atoms with E-state index in [0.717, 1.165) is 74.1 Å². The van der Waals surface area contributed by atoms with Crippen molar-refractivity contribution in [3.8, 4) is 5.88 Å². The number of hydrogen-bond donors (Lipinski definition) is 5. The van der Waals surface area contributed by atoms with Crippen molar-refractivity contribution in [1.29, 1.82) is 0 Å². The smallest absolute Gasteiger partial charge is 0.240 e. The van der Waals surface area contributed by atoms with E-state index in [1.807, 2.05) is 41.3 Å². The minimum atomic E-state index is -4.61. The molecule has 5 heterocycles. The molecule has 9 rings (SSSR count). The van der Waals surface area contributed by atoms with Crippen molar-refractivity contribution in [3.05, 3.63) is 111 Å². The number of H-pyrrole nitrogens is 1. The molecule has 2 saturated heterocycles. The first-order chi connectivity index (χ1) is 31.5. The summed E-state index contributed by atoms with van der Waals surface area (Å²) in [5.41, 5.74) is 6.63. The number of nitro groups is 1. The number of ether oxygens (including phenoxy) is 1. The van der Waals surface area contributed by atoms with Gasteiger partial charge in [0.2, 0.25) is 5.88 Å². The first kappa shape index (κ1) is 45.8. The molecule has 2 aromatic heterocycles. The number of pyridine rings is 1. The molecule has 1 amide bonds. The van der Waals surface area contributed by atoms with E-state index in [1.54, 1.807) is 18.9 Å². The average molecular weight is 960 g/mol. The summed E-state index contributed by atoms with van der Waals surface area (Å²) in [6, 6.07) is 20.8. The second-order valence-corrected chi connectivity index (χ2v) is 23.1. The van der Waals surface area contributed by atoms with Crippen molar-refractivity contribution in [2.24, 2.45) is 11.3 Å². The minimum absolute atomic E-state index is 0.0861. The second kappa shape index (κ2) is 18.4. The van der Waals surface area contributed by atoms with E-state index in [9.17, 15) is 28.2 Å². The number of fused-ring (bicyclic) bond motifs is 2. The maximum absolute atomic E-state index is 14.3. The van der Waals surface area contributed by atoms with E-state index in [1.165, 1.54) is 28.8 Å². The number of benzene rings is 3. The van der Waals surface area contributed by atoms with Crippen LogP contribution >= 0.6 is 19.5 Å². The number of carbonyl (C=O) groups excluding carboxylic acids is 1. The summed E-state index contributed by atoms with van der Waals surface area (Å²) in [6.45, 7) is 11.9. The van der Waals surface area contributed by atoms with Crippen LogP contribution in [-0.4, -0.2) is 111 Å². The summed E-state index contributed by atoms with van der Waals surface area (Å²) < 4.78 is 41.5. The fraction of sp³-hybridized carbons (Fsp3) is 0.391. The maximum Gasteiger partial charge on any atom is 0.240 e. The van der Waals surface area contributed by atoms with Gasteiger partial charge in [-0.3, -0.25) is 9.69 Å². The van der Waals surface area contributed by atoms with Gasteiger partial charge < -0.3 is 19.5 Å². The Morgan fingerprint density at radius 1 is 1.05 bits per heavy atom. The van der Waals surface area contributed by atoms with E-state index in [0.29, 0.717) is 36.0 Å². The third-order valence-electron chi connectivity index (χ3n) is 13.0. The van der Waals surface area contributed by atoms with E-state index in [2.05, 4.69) is 60.9 Å². The Morgan fingerprint density at radius 3 is 2.58 bits per heavy atom. The number of rotatable bonds is 12. The van der Waals surface area contributed by atoms with E-state index in [4.69, 9.17) is 20.9 Å². The molecule has 0 bridgehead atoms. The number of aromatic amines is 1. The Kier molecular flexibility index (Phi) is 12.8. The fourth-order valence-corrected chi connectivity index (χ4v) is 11.7. The number of amides is 1. The number of aromatic nitrogens is 2. The molecule has 20 heteroatoms. The Balaban J connectivity index is 0.964. The summed E-state index contributed by atoms with van der Waals surface area (Å²) in [7, 11) is -7.52. The Labute approximate surface area is 389 Å². The van der Waals surface area contributed by atoms with Crippen LogP contribution < -0.4 is 29.7 Å². The van der Waals surface area contributed by atoms with Crippen molar-refractivity contribution in [2.45, 2.75) is 38.0 Å². The number of hydrogen-bond acceptors (Lipinski definition) is 14. The summed E-state index contributed by atoms with van der Waals surface area (Å²) in [6.07, 6.45) is 4.97. The van der Waals surface area contributed by atoms with Gasteiger partial charge in [-0.2, -0.15) is 4.98 Å². The topological polar surface area (TPSA) is 208 Å². The Hall–Kier alpha value is -5.33. The largest absolute Gasteiger partial charge is 0.474 e. The summed E-state index contributed by atoms with van der Waals surface area (Å²) in [5, 5.41) is 19.8. The molecule has 66 heavy (non-hydrogen) atoms. The third-order valence-corrected chi connectivity index (χ3v) is 16.1. The van der Waals surface area contributed by atoms with Gasteiger partial charge in [0, 0.05) is 55.0 Å². The standard InChI is InChI=1S/C46H55ClN9O8PS/c1-46(2)14-12-33(38(25-46)31-4-6-34(47)7-5-31)28-53-16-18-54(19-17-53)35-8-10-37(40(23-35)55-20-21-63-45-42(55)22-32-13-15-48-43(32)51-45)44(57)52-66(61,62)36-9-11-39(41(24-36)56(58)59)49-26-30-27-50-65(3,60)64-29-30/h4-11,13,15,22-24,30,49-50,60,65H,12,14,16-21,25-29H2,1-3H3,(H,48,51)(H,52,57). The van der Waals surface area contributed by atoms with Crippen LogP contribution in [0.25, 0.3) is 16.6 Å². The van der Waals surface area contributed by atoms with Crippen LogP contribution in [0.1, 0.15) is 49.0 Å².